The SMILES string of the molecule is CCOC(=O)C(C#N)c1ccc(F)cc1Br. The highest BCUT2D eigenvalue weighted by molar-refractivity contribution is 9.10. The van der Waals surface area contributed by atoms with Gasteiger partial charge in [0.05, 0.1) is 12.7 Å². The fraction of sp³-hybridized carbons (Fsp3) is 0.273. The van der Waals surface area contributed by atoms with E-state index in [0.29, 0.717) is 10.0 Å². The summed E-state index contributed by atoms with van der Waals surface area (Å²) in [5, 5.41) is 8.90. The minimum Gasteiger partial charge on any atom is -0.465 e. The molecule has 0 aliphatic carbocycles. The molecule has 1 aromatic rings. The zero-order chi connectivity index (χ0) is 12.1. The molecule has 0 fully saturated rings. The van der Waals surface area contributed by atoms with Crippen molar-refractivity contribution >= 4 is 21.9 Å². The summed E-state index contributed by atoms with van der Waals surface area (Å²) >= 11 is 3.11. The van der Waals surface area contributed by atoms with Crippen molar-refractivity contribution in [2.45, 2.75) is 12.8 Å². The normalized spacial score (nSPS) is 11.6. The lowest BCUT2D eigenvalue weighted by Gasteiger charge is -2.10. The van der Waals surface area contributed by atoms with Crippen LogP contribution in [-0.4, -0.2) is 12.6 Å². The van der Waals surface area contributed by atoms with E-state index >= 15 is 0 Å². The van der Waals surface area contributed by atoms with Crippen LogP contribution in [0.4, 0.5) is 4.39 Å². The van der Waals surface area contributed by atoms with Crippen LogP contribution in [0.2, 0.25) is 0 Å². The van der Waals surface area contributed by atoms with Gasteiger partial charge in [0.2, 0.25) is 0 Å². The van der Waals surface area contributed by atoms with E-state index in [1.165, 1.54) is 18.2 Å². The van der Waals surface area contributed by atoms with Crippen LogP contribution >= 0.6 is 15.9 Å². The lowest BCUT2D eigenvalue weighted by molar-refractivity contribution is -0.143. The summed E-state index contributed by atoms with van der Waals surface area (Å²) < 4.78 is 18.0. The predicted octanol–water partition coefficient (Wildman–Crippen LogP) is 2.76. The molecule has 0 saturated carbocycles. The molecule has 0 spiro atoms. The van der Waals surface area contributed by atoms with Gasteiger partial charge >= 0.3 is 5.97 Å². The van der Waals surface area contributed by atoms with Crippen molar-refractivity contribution in [3.63, 3.8) is 0 Å². The van der Waals surface area contributed by atoms with Crippen LogP contribution in [0.25, 0.3) is 0 Å². The Morgan fingerprint density at radius 2 is 2.38 bits per heavy atom. The average molecular weight is 286 g/mol. The third-order valence-electron chi connectivity index (χ3n) is 1.92. The topological polar surface area (TPSA) is 50.1 Å². The Morgan fingerprint density at radius 1 is 1.69 bits per heavy atom. The van der Waals surface area contributed by atoms with Crippen LogP contribution in [0.5, 0.6) is 0 Å². The Balaban J connectivity index is 3.05. The fourth-order valence-electron chi connectivity index (χ4n) is 1.21. The minimum absolute atomic E-state index is 0.204. The number of ether oxygens (including phenoxy) is 1. The molecule has 0 N–H and O–H groups in total. The summed E-state index contributed by atoms with van der Waals surface area (Å²) in [6.07, 6.45) is 0. The van der Waals surface area contributed by atoms with Crippen molar-refractivity contribution in [2.75, 3.05) is 6.61 Å². The monoisotopic (exact) mass is 285 g/mol. The molecule has 1 atom stereocenters. The Hall–Kier alpha value is -1.41. The second-order valence-corrected chi connectivity index (χ2v) is 3.83. The Morgan fingerprint density at radius 3 is 2.88 bits per heavy atom. The van der Waals surface area contributed by atoms with Gasteiger partial charge in [-0.05, 0) is 24.6 Å². The Labute approximate surface area is 101 Å². The molecular formula is C11H9BrFNO2. The highest BCUT2D eigenvalue weighted by Crippen LogP contribution is 2.26. The zero-order valence-corrected chi connectivity index (χ0v) is 10.1. The van der Waals surface area contributed by atoms with E-state index in [1.807, 2.05) is 6.07 Å². The summed E-state index contributed by atoms with van der Waals surface area (Å²) in [5.74, 6) is -2.09. The van der Waals surface area contributed by atoms with Gasteiger partial charge in [-0.15, -0.1) is 0 Å². The molecule has 84 valence electrons. The summed E-state index contributed by atoms with van der Waals surface area (Å²) in [4.78, 5) is 11.5. The predicted molar refractivity (Wildman–Crippen MR) is 59.1 cm³/mol. The molecule has 0 aromatic heterocycles. The van der Waals surface area contributed by atoms with Gasteiger partial charge in [-0.1, -0.05) is 22.0 Å². The van der Waals surface area contributed by atoms with E-state index in [2.05, 4.69) is 15.9 Å². The molecule has 0 heterocycles. The van der Waals surface area contributed by atoms with Crippen LogP contribution in [-0.2, 0) is 9.53 Å². The number of carbonyl (C=O) groups excluding carboxylic acids is 1. The van der Waals surface area contributed by atoms with Gasteiger partial charge in [0, 0.05) is 4.47 Å². The number of nitrogens with zero attached hydrogens (tertiary/aromatic N) is 1. The van der Waals surface area contributed by atoms with Crippen molar-refractivity contribution < 1.29 is 13.9 Å². The molecule has 1 unspecified atom stereocenters. The maximum Gasteiger partial charge on any atom is 0.327 e. The zero-order valence-electron chi connectivity index (χ0n) is 8.54. The summed E-state index contributed by atoms with van der Waals surface area (Å²) in [7, 11) is 0. The number of halogens is 2. The van der Waals surface area contributed by atoms with Gasteiger partial charge < -0.3 is 4.74 Å². The maximum absolute atomic E-state index is 12.8. The third kappa shape index (κ3) is 2.80. The molecule has 5 heteroatoms. The second-order valence-electron chi connectivity index (χ2n) is 2.98. The Kier molecular flexibility index (Phi) is 4.44. The van der Waals surface area contributed by atoms with Gasteiger partial charge in [-0.3, -0.25) is 4.79 Å². The fourth-order valence-corrected chi connectivity index (χ4v) is 1.79. The van der Waals surface area contributed by atoms with Crippen LogP contribution in [0, 0.1) is 17.1 Å². The van der Waals surface area contributed by atoms with Crippen molar-refractivity contribution in [1.82, 2.24) is 0 Å². The van der Waals surface area contributed by atoms with Gasteiger partial charge in [0.25, 0.3) is 0 Å². The molecule has 0 aliphatic rings. The first kappa shape index (κ1) is 12.7. The van der Waals surface area contributed by atoms with E-state index in [-0.39, 0.29) is 6.61 Å². The summed E-state index contributed by atoms with van der Waals surface area (Å²) in [5.41, 5.74) is 0.405. The van der Waals surface area contributed by atoms with E-state index in [0.717, 1.165) is 0 Å². The summed E-state index contributed by atoms with van der Waals surface area (Å²) in [6, 6.07) is 5.63. The molecule has 1 aromatic carbocycles. The minimum atomic E-state index is -1.03. The summed E-state index contributed by atoms with van der Waals surface area (Å²) in [6.45, 7) is 1.86. The van der Waals surface area contributed by atoms with E-state index in [9.17, 15) is 9.18 Å². The lowest BCUT2D eigenvalue weighted by atomic mass is 10.0. The molecule has 1 rings (SSSR count). The largest absolute Gasteiger partial charge is 0.465 e. The first-order chi connectivity index (χ1) is 7.60. The highest BCUT2D eigenvalue weighted by atomic mass is 79.9. The van der Waals surface area contributed by atoms with Crippen molar-refractivity contribution in [3.05, 3.63) is 34.1 Å². The van der Waals surface area contributed by atoms with Crippen molar-refractivity contribution in [3.8, 4) is 6.07 Å². The Bertz CT molecular complexity index is 442. The maximum atomic E-state index is 12.8. The first-order valence-corrected chi connectivity index (χ1v) is 5.40. The molecule has 16 heavy (non-hydrogen) atoms. The molecule has 0 bridgehead atoms. The van der Waals surface area contributed by atoms with Crippen LogP contribution in [0.3, 0.4) is 0 Å². The van der Waals surface area contributed by atoms with Crippen molar-refractivity contribution in [1.29, 1.82) is 5.26 Å². The number of carbonyl (C=O) groups is 1. The highest BCUT2D eigenvalue weighted by Gasteiger charge is 2.23. The molecule has 3 nitrogen and oxygen atoms in total. The van der Waals surface area contributed by atoms with Gasteiger partial charge in [-0.25, -0.2) is 4.39 Å². The van der Waals surface area contributed by atoms with Gasteiger partial charge in [0.1, 0.15) is 5.82 Å². The molecule has 0 amide bonds. The number of rotatable bonds is 3. The molecule has 0 radical (unpaired) electrons. The standard InChI is InChI=1S/C11H9BrFNO2/c1-2-16-11(15)9(6-14)8-4-3-7(13)5-10(8)12/h3-5,9H,2H2,1H3. The number of benzene rings is 1. The van der Waals surface area contributed by atoms with Crippen LogP contribution in [0.15, 0.2) is 22.7 Å². The van der Waals surface area contributed by atoms with Crippen LogP contribution in [0.1, 0.15) is 18.4 Å². The van der Waals surface area contributed by atoms with E-state index < -0.39 is 17.7 Å². The second kappa shape index (κ2) is 5.61. The number of hydrogen-bond donors (Lipinski definition) is 0. The lowest BCUT2D eigenvalue weighted by Crippen LogP contribution is -2.14. The van der Waals surface area contributed by atoms with E-state index in [4.69, 9.17) is 10.00 Å². The molecule has 0 saturated heterocycles. The van der Waals surface area contributed by atoms with Gasteiger partial charge in [-0.2, -0.15) is 5.26 Å². The number of hydrogen-bond acceptors (Lipinski definition) is 3. The first-order valence-electron chi connectivity index (χ1n) is 4.61. The average Bonchev–Trinajstić information content (AvgIpc) is 2.22. The van der Waals surface area contributed by atoms with Crippen molar-refractivity contribution in [2.24, 2.45) is 0 Å². The number of nitriles is 1. The number of esters is 1. The van der Waals surface area contributed by atoms with Gasteiger partial charge in [0.15, 0.2) is 5.92 Å². The third-order valence-corrected chi connectivity index (χ3v) is 2.61. The molecule has 0 aliphatic heterocycles. The molecular weight excluding hydrogens is 277 g/mol. The van der Waals surface area contributed by atoms with E-state index in [1.54, 1.807) is 6.92 Å². The van der Waals surface area contributed by atoms with Crippen LogP contribution < -0.4 is 0 Å². The quantitative estimate of drug-likeness (QED) is 0.803. The smallest absolute Gasteiger partial charge is 0.327 e.